The van der Waals surface area contributed by atoms with E-state index in [0.29, 0.717) is 22.4 Å². The van der Waals surface area contributed by atoms with Gasteiger partial charge in [0.05, 0.1) is 56.6 Å². The van der Waals surface area contributed by atoms with Crippen molar-refractivity contribution in [2.45, 2.75) is 0 Å². The van der Waals surface area contributed by atoms with E-state index < -0.39 is 0 Å². The molecule has 2 aromatic heterocycles. The Morgan fingerprint density at radius 3 is 1.54 bits per heavy atom. The van der Waals surface area contributed by atoms with Crippen molar-refractivity contribution in [3.63, 3.8) is 0 Å². The molecule has 0 amide bonds. The summed E-state index contributed by atoms with van der Waals surface area (Å²) in [5.74, 6) is 0. The summed E-state index contributed by atoms with van der Waals surface area (Å²) in [6.07, 6.45) is 0. The van der Waals surface area contributed by atoms with Crippen LogP contribution in [0.3, 0.4) is 0 Å². The predicted octanol–water partition coefficient (Wildman–Crippen LogP) is 10.8. The van der Waals surface area contributed by atoms with Gasteiger partial charge in [0.1, 0.15) is 6.07 Å². The minimum absolute atomic E-state index is 0.391. The van der Waals surface area contributed by atoms with Crippen molar-refractivity contribution in [1.29, 1.82) is 15.8 Å². The highest BCUT2D eigenvalue weighted by Gasteiger charge is 2.22. The number of para-hydroxylation sites is 3. The molecule has 5 heteroatoms. The SMILES string of the molecule is N#Cc1cc(C#N)c(-n2c3ccccc3c3cc(C#N)ccc32)c(-c2ccccc2-c2ccc(-n3c4ccccc4c4ccccc43)cc2)c1. The maximum Gasteiger partial charge on any atom is 0.101 e. The van der Waals surface area contributed by atoms with Crippen LogP contribution in [0.1, 0.15) is 16.7 Å². The first kappa shape index (κ1) is 28.8. The molecule has 230 valence electrons. The number of hydrogen-bond acceptors (Lipinski definition) is 3. The molecule has 0 aliphatic carbocycles. The van der Waals surface area contributed by atoms with Gasteiger partial charge in [0.2, 0.25) is 0 Å². The van der Waals surface area contributed by atoms with Crippen molar-refractivity contribution in [2.75, 3.05) is 0 Å². The highest BCUT2D eigenvalue weighted by atomic mass is 15.0. The molecule has 0 fully saturated rings. The maximum atomic E-state index is 10.6. The normalized spacial score (nSPS) is 11.1. The molecule has 2 heterocycles. The van der Waals surface area contributed by atoms with Crippen LogP contribution in [-0.2, 0) is 0 Å². The Kier molecular flexibility index (Phi) is 6.56. The highest BCUT2D eigenvalue weighted by molar-refractivity contribution is 6.11. The van der Waals surface area contributed by atoms with Crippen molar-refractivity contribution in [3.05, 3.63) is 168 Å². The van der Waals surface area contributed by atoms with Crippen molar-refractivity contribution >= 4 is 43.6 Å². The minimum Gasteiger partial charge on any atom is -0.309 e. The van der Waals surface area contributed by atoms with Gasteiger partial charge < -0.3 is 9.13 Å². The molecule has 9 aromatic rings. The first-order valence-electron chi connectivity index (χ1n) is 16.3. The standard InChI is InChI=1S/C45H25N5/c46-26-29-17-22-44-39(24-29)38-13-5-8-16-43(38)50(44)45-32(28-48)23-30(27-47)25-40(45)35-10-2-1-9-34(35)31-18-20-33(21-19-31)49-41-14-6-3-11-36(41)37-12-4-7-15-42(37)49/h1-25H. The number of hydrogen-bond donors (Lipinski definition) is 0. The van der Waals surface area contributed by atoms with Crippen LogP contribution in [0, 0.1) is 34.0 Å². The second kappa shape index (κ2) is 11.4. The van der Waals surface area contributed by atoms with Crippen molar-refractivity contribution in [2.24, 2.45) is 0 Å². The zero-order valence-corrected chi connectivity index (χ0v) is 26.7. The van der Waals surface area contributed by atoms with Gasteiger partial charge in [-0.15, -0.1) is 0 Å². The van der Waals surface area contributed by atoms with Crippen molar-refractivity contribution in [1.82, 2.24) is 9.13 Å². The zero-order chi connectivity index (χ0) is 33.8. The van der Waals surface area contributed by atoms with Crippen molar-refractivity contribution in [3.8, 4) is 51.8 Å². The van der Waals surface area contributed by atoms with E-state index in [9.17, 15) is 15.8 Å². The Labute approximate surface area is 287 Å². The lowest BCUT2D eigenvalue weighted by Crippen LogP contribution is -2.03. The van der Waals surface area contributed by atoms with E-state index in [2.05, 4.69) is 112 Å². The van der Waals surface area contributed by atoms with Crippen LogP contribution >= 0.6 is 0 Å². The Hall–Kier alpha value is -7.39. The second-order valence-corrected chi connectivity index (χ2v) is 12.3. The first-order chi connectivity index (χ1) is 24.7. The molecular weight excluding hydrogens is 611 g/mol. The second-order valence-electron chi connectivity index (χ2n) is 12.3. The number of nitriles is 3. The average molecular weight is 636 g/mol. The summed E-state index contributed by atoms with van der Waals surface area (Å²) in [5, 5.41) is 34.7. The summed E-state index contributed by atoms with van der Waals surface area (Å²) in [7, 11) is 0. The summed E-state index contributed by atoms with van der Waals surface area (Å²) in [5.41, 5.74) is 10.9. The Morgan fingerprint density at radius 1 is 0.380 bits per heavy atom. The molecule has 0 saturated heterocycles. The molecule has 0 spiro atoms. The Morgan fingerprint density at radius 2 is 0.920 bits per heavy atom. The fourth-order valence-corrected chi connectivity index (χ4v) is 7.47. The smallest absolute Gasteiger partial charge is 0.101 e. The fourth-order valence-electron chi connectivity index (χ4n) is 7.47. The van der Waals surface area contributed by atoms with Gasteiger partial charge in [-0.05, 0) is 77.4 Å². The van der Waals surface area contributed by atoms with Crippen LogP contribution in [-0.4, -0.2) is 9.13 Å². The van der Waals surface area contributed by atoms with Gasteiger partial charge in [-0.25, -0.2) is 0 Å². The third-order valence-electron chi connectivity index (χ3n) is 9.62. The van der Waals surface area contributed by atoms with Crippen LogP contribution in [0.2, 0.25) is 0 Å². The number of nitrogens with zero attached hydrogens (tertiary/aromatic N) is 5. The van der Waals surface area contributed by atoms with Gasteiger partial charge in [-0.1, -0.05) is 91.0 Å². The number of fused-ring (bicyclic) bond motifs is 6. The summed E-state index contributed by atoms with van der Waals surface area (Å²) in [6, 6.07) is 57.9. The van der Waals surface area contributed by atoms with Crippen LogP contribution in [0.4, 0.5) is 0 Å². The largest absolute Gasteiger partial charge is 0.309 e. The molecule has 0 unspecified atom stereocenters. The summed E-state index contributed by atoms with van der Waals surface area (Å²) in [4.78, 5) is 0. The summed E-state index contributed by atoms with van der Waals surface area (Å²) >= 11 is 0. The number of rotatable bonds is 4. The van der Waals surface area contributed by atoms with Gasteiger partial charge in [0.15, 0.2) is 0 Å². The molecule has 0 atom stereocenters. The highest BCUT2D eigenvalue weighted by Crippen LogP contribution is 2.42. The number of benzene rings is 7. The molecule has 9 rings (SSSR count). The first-order valence-corrected chi connectivity index (χ1v) is 16.3. The Bertz CT molecular complexity index is 2900. The third kappa shape index (κ3) is 4.31. The van der Waals surface area contributed by atoms with Gasteiger partial charge in [-0.2, -0.15) is 15.8 Å². The van der Waals surface area contributed by atoms with E-state index in [-0.39, 0.29) is 0 Å². The lowest BCUT2D eigenvalue weighted by molar-refractivity contribution is 1.17. The van der Waals surface area contributed by atoms with Crippen LogP contribution in [0.5, 0.6) is 0 Å². The molecular formula is C45H25N5. The Balaban J connectivity index is 1.27. The maximum absolute atomic E-state index is 10.6. The molecule has 0 bridgehead atoms. The lowest BCUT2D eigenvalue weighted by atomic mass is 9.90. The van der Waals surface area contributed by atoms with Crippen LogP contribution in [0.25, 0.3) is 77.2 Å². The quantitative estimate of drug-likeness (QED) is 0.193. The van der Waals surface area contributed by atoms with E-state index in [1.54, 1.807) is 12.1 Å². The molecule has 5 nitrogen and oxygen atoms in total. The van der Waals surface area contributed by atoms with Crippen molar-refractivity contribution < 1.29 is 0 Å². The third-order valence-corrected chi connectivity index (χ3v) is 9.62. The average Bonchev–Trinajstić information content (AvgIpc) is 3.70. The van der Waals surface area contributed by atoms with Gasteiger partial charge in [0, 0.05) is 32.8 Å². The summed E-state index contributed by atoms with van der Waals surface area (Å²) < 4.78 is 4.40. The van der Waals surface area contributed by atoms with Crippen LogP contribution < -0.4 is 0 Å². The van der Waals surface area contributed by atoms with Gasteiger partial charge in [-0.3, -0.25) is 0 Å². The molecule has 0 saturated carbocycles. The molecule has 50 heavy (non-hydrogen) atoms. The molecule has 7 aromatic carbocycles. The molecule has 0 N–H and O–H groups in total. The van der Waals surface area contributed by atoms with E-state index in [4.69, 9.17) is 0 Å². The van der Waals surface area contributed by atoms with Crippen LogP contribution in [0.15, 0.2) is 152 Å². The topological polar surface area (TPSA) is 81.2 Å². The number of aromatic nitrogens is 2. The van der Waals surface area contributed by atoms with E-state index in [1.807, 2.05) is 54.6 Å². The molecule has 0 aliphatic rings. The minimum atomic E-state index is 0.391. The fraction of sp³-hybridized carbons (Fsp3) is 0. The monoisotopic (exact) mass is 635 g/mol. The van der Waals surface area contributed by atoms with E-state index in [1.165, 1.54) is 10.8 Å². The summed E-state index contributed by atoms with van der Waals surface area (Å²) in [6.45, 7) is 0. The van der Waals surface area contributed by atoms with Gasteiger partial charge in [0.25, 0.3) is 0 Å². The van der Waals surface area contributed by atoms with Gasteiger partial charge >= 0.3 is 0 Å². The molecule has 0 radical (unpaired) electrons. The molecule has 0 aliphatic heterocycles. The van der Waals surface area contributed by atoms with E-state index >= 15 is 0 Å². The van der Waals surface area contributed by atoms with E-state index in [0.717, 1.165) is 60.8 Å². The lowest BCUT2D eigenvalue weighted by Gasteiger charge is -2.19. The zero-order valence-electron chi connectivity index (χ0n) is 26.7. The predicted molar refractivity (Wildman–Crippen MR) is 200 cm³/mol.